The van der Waals surface area contributed by atoms with Gasteiger partial charge in [-0.2, -0.15) is 0 Å². The van der Waals surface area contributed by atoms with Gasteiger partial charge in [0.15, 0.2) is 0 Å². The maximum absolute atomic E-state index is 11.2. The van der Waals surface area contributed by atoms with Crippen LogP contribution in [0.2, 0.25) is 0 Å². The van der Waals surface area contributed by atoms with Crippen molar-refractivity contribution in [3.05, 3.63) is 0 Å². The molecular formula is C9H16ClNO3. The van der Waals surface area contributed by atoms with E-state index in [0.29, 0.717) is 19.7 Å². The van der Waals surface area contributed by atoms with Gasteiger partial charge in [-0.15, -0.1) is 11.6 Å². The first kappa shape index (κ1) is 13.2. The number of ketones is 1. The summed E-state index contributed by atoms with van der Waals surface area (Å²) >= 11 is 5.34. The second kappa shape index (κ2) is 7.62. The monoisotopic (exact) mass is 221 g/mol. The van der Waals surface area contributed by atoms with Crippen LogP contribution in [0.25, 0.3) is 0 Å². The molecule has 0 aromatic rings. The molecule has 0 N–H and O–H groups in total. The summed E-state index contributed by atoms with van der Waals surface area (Å²) in [6.45, 7) is 4.84. The summed E-state index contributed by atoms with van der Waals surface area (Å²) < 4.78 is 4.80. The van der Waals surface area contributed by atoms with Gasteiger partial charge in [0.05, 0.1) is 12.5 Å². The van der Waals surface area contributed by atoms with Crippen molar-refractivity contribution in [1.29, 1.82) is 0 Å². The van der Waals surface area contributed by atoms with Crippen molar-refractivity contribution in [2.45, 2.75) is 20.3 Å². The van der Waals surface area contributed by atoms with E-state index in [-0.39, 0.29) is 24.2 Å². The maximum atomic E-state index is 11.2. The van der Waals surface area contributed by atoms with Crippen LogP contribution in [0.1, 0.15) is 20.3 Å². The molecule has 0 rings (SSSR count). The standard InChI is InChI=1S/C9H16ClNO3/c1-3-11(9(13)14-4-2)6-5-8(12)7-10/h3-7H2,1-2H3. The van der Waals surface area contributed by atoms with E-state index in [0.717, 1.165) is 0 Å². The highest BCUT2D eigenvalue weighted by Crippen LogP contribution is 1.97. The minimum atomic E-state index is -0.377. The second-order valence-electron chi connectivity index (χ2n) is 2.70. The molecule has 0 radical (unpaired) electrons. The van der Waals surface area contributed by atoms with Crippen molar-refractivity contribution in [3.8, 4) is 0 Å². The van der Waals surface area contributed by atoms with E-state index < -0.39 is 0 Å². The molecule has 0 heterocycles. The average molecular weight is 222 g/mol. The second-order valence-corrected chi connectivity index (χ2v) is 2.97. The molecule has 0 saturated heterocycles. The molecule has 1 amide bonds. The Hall–Kier alpha value is -0.770. The molecule has 0 fully saturated rings. The number of amides is 1. The number of carbonyl (C=O) groups is 2. The van der Waals surface area contributed by atoms with Gasteiger partial charge in [-0.25, -0.2) is 4.79 Å². The lowest BCUT2D eigenvalue weighted by Crippen LogP contribution is -2.33. The zero-order valence-electron chi connectivity index (χ0n) is 8.59. The van der Waals surface area contributed by atoms with E-state index in [2.05, 4.69) is 0 Å². The SMILES string of the molecule is CCOC(=O)N(CC)CCC(=O)CCl. The Bertz CT molecular complexity index is 196. The summed E-state index contributed by atoms with van der Waals surface area (Å²) in [5.41, 5.74) is 0. The molecule has 0 spiro atoms. The quantitative estimate of drug-likeness (QED) is 0.641. The van der Waals surface area contributed by atoms with Crippen LogP contribution in [-0.4, -0.2) is 42.4 Å². The van der Waals surface area contributed by atoms with Crippen LogP contribution in [0.3, 0.4) is 0 Å². The van der Waals surface area contributed by atoms with Crippen LogP contribution >= 0.6 is 11.6 Å². The number of halogens is 1. The summed E-state index contributed by atoms with van der Waals surface area (Å²) in [7, 11) is 0. The van der Waals surface area contributed by atoms with Crippen LogP contribution in [0.5, 0.6) is 0 Å². The number of Topliss-reactive ketones (excluding diaryl/α,β-unsaturated/α-hetero) is 1. The van der Waals surface area contributed by atoms with E-state index in [1.807, 2.05) is 6.92 Å². The van der Waals surface area contributed by atoms with Crippen molar-refractivity contribution >= 4 is 23.5 Å². The van der Waals surface area contributed by atoms with Crippen LogP contribution < -0.4 is 0 Å². The van der Waals surface area contributed by atoms with Crippen molar-refractivity contribution < 1.29 is 14.3 Å². The Kier molecular flexibility index (Phi) is 7.20. The fourth-order valence-corrected chi connectivity index (χ4v) is 1.05. The third kappa shape index (κ3) is 5.07. The van der Waals surface area contributed by atoms with Gasteiger partial charge in [0.1, 0.15) is 5.78 Å². The fourth-order valence-electron chi connectivity index (χ4n) is 0.920. The highest BCUT2D eigenvalue weighted by Gasteiger charge is 2.13. The Labute approximate surface area is 89.2 Å². The topological polar surface area (TPSA) is 46.6 Å². The number of nitrogens with zero attached hydrogens (tertiary/aromatic N) is 1. The summed E-state index contributed by atoms with van der Waals surface area (Å²) in [4.78, 5) is 23.6. The Morgan fingerprint density at radius 2 is 2.00 bits per heavy atom. The van der Waals surface area contributed by atoms with E-state index in [4.69, 9.17) is 16.3 Å². The molecule has 0 aliphatic carbocycles. The van der Waals surface area contributed by atoms with E-state index in [1.165, 1.54) is 4.90 Å². The van der Waals surface area contributed by atoms with Gasteiger partial charge >= 0.3 is 6.09 Å². The third-order valence-electron chi connectivity index (χ3n) is 1.72. The van der Waals surface area contributed by atoms with Gasteiger partial charge < -0.3 is 9.64 Å². The molecule has 0 atom stereocenters. The van der Waals surface area contributed by atoms with Crippen LogP contribution in [0.4, 0.5) is 4.79 Å². The lowest BCUT2D eigenvalue weighted by molar-refractivity contribution is -0.116. The Morgan fingerprint density at radius 3 is 2.43 bits per heavy atom. The lowest BCUT2D eigenvalue weighted by atomic mass is 10.3. The Morgan fingerprint density at radius 1 is 1.36 bits per heavy atom. The first-order valence-electron chi connectivity index (χ1n) is 4.65. The van der Waals surface area contributed by atoms with Gasteiger partial charge in [0.2, 0.25) is 0 Å². The molecule has 0 aromatic heterocycles. The van der Waals surface area contributed by atoms with E-state index in [1.54, 1.807) is 6.92 Å². The summed E-state index contributed by atoms with van der Waals surface area (Å²) in [5, 5.41) is 0. The van der Waals surface area contributed by atoms with E-state index in [9.17, 15) is 9.59 Å². The van der Waals surface area contributed by atoms with Gasteiger partial charge in [-0.05, 0) is 13.8 Å². The lowest BCUT2D eigenvalue weighted by Gasteiger charge is -2.19. The van der Waals surface area contributed by atoms with Crippen molar-refractivity contribution in [2.75, 3.05) is 25.6 Å². The Balaban J connectivity index is 3.90. The van der Waals surface area contributed by atoms with Crippen LogP contribution in [0, 0.1) is 0 Å². The molecular weight excluding hydrogens is 206 g/mol. The maximum Gasteiger partial charge on any atom is 0.409 e. The zero-order chi connectivity index (χ0) is 11.0. The van der Waals surface area contributed by atoms with Crippen molar-refractivity contribution in [2.24, 2.45) is 0 Å². The highest BCUT2D eigenvalue weighted by atomic mass is 35.5. The minimum Gasteiger partial charge on any atom is -0.450 e. The first-order chi connectivity index (χ1) is 6.65. The van der Waals surface area contributed by atoms with Gasteiger partial charge in [-0.1, -0.05) is 0 Å². The van der Waals surface area contributed by atoms with Crippen LogP contribution in [-0.2, 0) is 9.53 Å². The van der Waals surface area contributed by atoms with Gasteiger partial charge in [0, 0.05) is 19.5 Å². The summed E-state index contributed by atoms with van der Waals surface area (Å²) in [6, 6.07) is 0. The predicted molar refractivity (Wildman–Crippen MR) is 54.6 cm³/mol. The molecule has 5 heteroatoms. The number of hydrogen-bond acceptors (Lipinski definition) is 3. The molecule has 0 unspecified atom stereocenters. The van der Waals surface area contributed by atoms with Gasteiger partial charge in [-0.3, -0.25) is 4.79 Å². The normalized spacial score (nSPS) is 9.64. The number of rotatable bonds is 6. The predicted octanol–water partition coefficient (Wildman–Crippen LogP) is 1.66. The van der Waals surface area contributed by atoms with Crippen molar-refractivity contribution in [1.82, 2.24) is 4.90 Å². The van der Waals surface area contributed by atoms with Crippen LogP contribution in [0.15, 0.2) is 0 Å². The third-order valence-corrected chi connectivity index (χ3v) is 2.02. The fraction of sp³-hybridized carbons (Fsp3) is 0.778. The summed E-state index contributed by atoms with van der Waals surface area (Å²) in [6.07, 6.45) is -0.0896. The molecule has 0 saturated carbocycles. The molecule has 0 aliphatic rings. The molecule has 0 aromatic carbocycles. The molecule has 82 valence electrons. The number of alkyl halides is 1. The first-order valence-corrected chi connectivity index (χ1v) is 5.18. The molecule has 0 aliphatic heterocycles. The molecule has 0 bridgehead atoms. The minimum absolute atomic E-state index is 0.000377. The zero-order valence-corrected chi connectivity index (χ0v) is 9.34. The number of hydrogen-bond donors (Lipinski definition) is 0. The van der Waals surface area contributed by atoms with Gasteiger partial charge in [0.25, 0.3) is 0 Å². The van der Waals surface area contributed by atoms with E-state index >= 15 is 0 Å². The highest BCUT2D eigenvalue weighted by molar-refractivity contribution is 6.27. The average Bonchev–Trinajstić information content (AvgIpc) is 2.18. The van der Waals surface area contributed by atoms with Crippen molar-refractivity contribution in [3.63, 3.8) is 0 Å². The number of carbonyl (C=O) groups excluding carboxylic acids is 2. The smallest absolute Gasteiger partial charge is 0.409 e. The summed E-state index contributed by atoms with van der Waals surface area (Å²) in [5.74, 6) is -0.0604. The molecule has 14 heavy (non-hydrogen) atoms. The molecule has 4 nitrogen and oxygen atoms in total. The largest absolute Gasteiger partial charge is 0.450 e. The number of ether oxygens (including phenoxy) is 1.